The van der Waals surface area contributed by atoms with Gasteiger partial charge in [0.25, 0.3) is 0 Å². The average Bonchev–Trinajstić information content (AvgIpc) is 2.82. The minimum atomic E-state index is -4.48. The van der Waals surface area contributed by atoms with Crippen molar-refractivity contribution in [3.05, 3.63) is 18.0 Å². The largest absolute Gasteiger partial charge is 0.408 e. The number of aromatic nitrogens is 2. The van der Waals surface area contributed by atoms with Crippen molar-refractivity contribution in [3.8, 4) is 0 Å². The number of amides is 2. The van der Waals surface area contributed by atoms with Gasteiger partial charge in [-0.25, -0.2) is 0 Å². The molecule has 2 unspecified atom stereocenters. The Morgan fingerprint density at radius 1 is 1.39 bits per heavy atom. The summed E-state index contributed by atoms with van der Waals surface area (Å²) < 4.78 is 41.0. The molecule has 1 N–H and O–H groups in total. The summed E-state index contributed by atoms with van der Waals surface area (Å²) in [7, 11) is 1.67. The van der Waals surface area contributed by atoms with E-state index in [0.717, 1.165) is 4.90 Å². The molecule has 128 valence electrons. The minimum absolute atomic E-state index is 0.136. The van der Waals surface area contributed by atoms with Crippen LogP contribution in [0.15, 0.2) is 12.4 Å². The highest BCUT2D eigenvalue weighted by atomic mass is 19.4. The number of hydrogen-bond acceptors (Lipinski definition) is 3. The van der Waals surface area contributed by atoms with E-state index in [1.807, 2.05) is 0 Å². The highest BCUT2D eigenvalue weighted by Crippen LogP contribution is 2.32. The standard InChI is InChI=1S/C14H19F3N4O2/c1-9(22)19-11-3-4-12(14(15,16)17)21(8-11)13(23)5-10-6-18-20(2)7-10/h6-7,11-12H,3-5,8H2,1-2H3,(H,19,22). The summed E-state index contributed by atoms with van der Waals surface area (Å²) in [6, 6.07) is -2.26. The molecule has 1 saturated heterocycles. The third kappa shape index (κ3) is 4.46. The second-order valence-corrected chi connectivity index (χ2v) is 5.78. The molecule has 2 amide bonds. The van der Waals surface area contributed by atoms with E-state index < -0.39 is 24.2 Å². The number of halogens is 3. The van der Waals surface area contributed by atoms with E-state index in [1.165, 1.54) is 17.8 Å². The van der Waals surface area contributed by atoms with Gasteiger partial charge in [0.2, 0.25) is 11.8 Å². The van der Waals surface area contributed by atoms with Gasteiger partial charge in [0.1, 0.15) is 6.04 Å². The first kappa shape index (κ1) is 17.3. The maximum absolute atomic E-state index is 13.2. The van der Waals surface area contributed by atoms with E-state index >= 15 is 0 Å². The molecular formula is C14H19F3N4O2. The molecule has 2 atom stereocenters. The molecule has 9 heteroatoms. The Hall–Kier alpha value is -2.06. The van der Waals surface area contributed by atoms with Gasteiger partial charge in [-0.05, 0) is 18.4 Å². The van der Waals surface area contributed by atoms with E-state index in [1.54, 1.807) is 13.2 Å². The van der Waals surface area contributed by atoms with Crippen LogP contribution < -0.4 is 5.32 Å². The van der Waals surface area contributed by atoms with Crippen molar-refractivity contribution in [1.82, 2.24) is 20.0 Å². The van der Waals surface area contributed by atoms with Crippen LogP contribution in [0.4, 0.5) is 13.2 Å². The molecule has 2 rings (SSSR count). The number of piperidine rings is 1. The average molecular weight is 332 g/mol. The molecule has 1 aliphatic rings. The molecule has 0 radical (unpaired) electrons. The molecule has 6 nitrogen and oxygen atoms in total. The van der Waals surface area contributed by atoms with E-state index in [4.69, 9.17) is 0 Å². The van der Waals surface area contributed by atoms with Crippen LogP contribution in [0.5, 0.6) is 0 Å². The lowest BCUT2D eigenvalue weighted by molar-refractivity contribution is -0.197. The van der Waals surface area contributed by atoms with Crippen LogP contribution in [0.25, 0.3) is 0 Å². The normalized spacial score (nSPS) is 22.0. The van der Waals surface area contributed by atoms with Crippen LogP contribution >= 0.6 is 0 Å². The summed E-state index contributed by atoms with van der Waals surface area (Å²) in [5.41, 5.74) is 0.556. The van der Waals surface area contributed by atoms with Crippen LogP contribution in [0.1, 0.15) is 25.3 Å². The number of nitrogens with zero attached hydrogens (tertiary/aromatic N) is 3. The van der Waals surface area contributed by atoms with E-state index in [-0.39, 0.29) is 31.7 Å². The van der Waals surface area contributed by atoms with Crippen molar-refractivity contribution in [2.24, 2.45) is 7.05 Å². The van der Waals surface area contributed by atoms with Crippen molar-refractivity contribution in [1.29, 1.82) is 0 Å². The van der Waals surface area contributed by atoms with Crippen molar-refractivity contribution in [2.75, 3.05) is 6.54 Å². The maximum atomic E-state index is 13.2. The van der Waals surface area contributed by atoms with E-state index in [9.17, 15) is 22.8 Å². The third-order valence-electron chi connectivity index (χ3n) is 3.80. The van der Waals surface area contributed by atoms with Crippen molar-refractivity contribution >= 4 is 11.8 Å². The van der Waals surface area contributed by atoms with Crippen LogP contribution in [-0.2, 0) is 23.1 Å². The fraction of sp³-hybridized carbons (Fsp3) is 0.643. The lowest BCUT2D eigenvalue weighted by Gasteiger charge is -2.40. The Bertz CT molecular complexity index is 585. The molecule has 0 aliphatic carbocycles. The Balaban J connectivity index is 2.13. The van der Waals surface area contributed by atoms with Gasteiger partial charge < -0.3 is 10.2 Å². The fourth-order valence-corrected chi connectivity index (χ4v) is 2.83. The zero-order valence-corrected chi connectivity index (χ0v) is 12.9. The molecule has 2 heterocycles. The predicted octanol–water partition coefficient (Wildman–Crippen LogP) is 1.02. The lowest BCUT2D eigenvalue weighted by atomic mass is 9.96. The van der Waals surface area contributed by atoms with Crippen molar-refractivity contribution in [2.45, 2.75) is 44.4 Å². The number of carbonyl (C=O) groups excluding carboxylic acids is 2. The number of likely N-dealkylation sites (tertiary alicyclic amines) is 1. The quantitative estimate of drug-likeness (QED) is 0.899. The molecule has 0 spiro atoms. The molecule has 0 saturated carbocycles. The van der Waals surface area contributed by atoms with Gasteiger partial charge in [0, 0.05) is 32.8 Å². The molecular weight excluding hydrogens is 313 g/mol. The predicted molar refractivity (Wildman–Crippen MR) is 75.3 cm³/mol. The first-order valence-electron chi connectivity index (χ1n) is 7.27. The Morgan fingerprint density at radius 3 is 2.61 bits per heavy atom. The van der Waals surface area contributed by atoms with Gasteiger partial charge in [0.05, 0.1) is 12.6 Å². The number of aryl methyl sites for hydroxylation is 1. The first-order chi connectivity index (χ1) is 10.7. The third-order valence-corrected chi connectivity index (χ3v) is 3.80. The zero-order valence-electron chi connectivity index (χ0n) is 12.9. The highest BCUT2D eigenvalue weighted by Gasteiger charge is 2.48. The topological polar surface area (TPSA) is 67.2 Å². The summed E-state index contributed by atoms with van der Waals surface area (Å²) in [6.07, 6.45) is -1.60. The number of alkyl halides is 3. The van der Waals surface area contributed by atoms with Crippen molar-refractivity contribution < 1.29 is 22.8 Å². The first-order valence-corrected chi connectivity index (χ1v) is 7.27. The lowest BCUT2D eigenvalue weighted by Crippen LogP contribution is -2.58. The van der Waals surface area contributed by atoms with Crippen LogP contribution in [-0.4, -0.2) is 51.3 Å². The van der Waals surface area contributed by atoms with Gasteiger partial charge in [-0.1, -0.05) is 0 Å². The smallest absolute Gasteiger partial charge is 0.352 e. The van der Waals surface area contributed by atoms with Gasteiger partial charge in [0.15, 0.2) is 0 Å². The van der Waals surface area contributed by atoms with E-state index in [2.05, 4.69) is 10.4 Å². The highest BCUT2D eigenvalue weighted by molar-refractivity contribution is 5.79. The monoisotopic (exact) mass is 332 g/mol. The van der Waals surface area contributed by atoms with Crippen LogP contribution in [0.3, 0.4) is 0 Å². The van der Waals surface area contributed by atoms with Gasteiger partial charge in [-0.2, -0.15) is 18.3 Å². The van der Waals surface area contributed by atoms with Gasteiger partial charge in [-0.15, -0.1) is 0 Å². The summed E-state index contributed by atoms with van der Waals surface area (Å²) in [5, 5.41) is 6.49. The number of rotatable bonds is 3. The fourth-order valence-electron chi connectivity index (χ4n) is 2.83. The molecule has 1 aromatic heterocycles. The molecule has 23 heavy (non-hydrogen) atoms. The summed E-state index contributed by atoms with van der Waals surface area (Å²) in [5.74, 6) is -0.935. The Morgan fingerprint density at radius 2 is 2.09 bits per heavy atom. The maximum Gasteiger partial charge on any atom is 0.408 e. The summed E-state index contributed by atoms with van der Waals surface area (Å²) in [6.45, 7) is 1.17. The second-order valence-electron chi connectivity index (χ2n) is 5.78. The second kappa shape index (κ2) is 6.59. The number of nitrogens with one attached hydrogen (secondary N) is 1. The number of carbonyl (C=O) groups is 2. The van der Waals surface area contributed by atoms with Crippen LogP contribution in [0, 0.1) is 0 Å². The zero-order chi connectivity index (χ0) is 17.2. The molecule has 0 bridgehead atoms. The molecule has 0 aromatic carbocycles. The SMILES string of the molecule is CC(=O)NC1CCC(C(F)(F)F)N(C(=O)Cc2cnn(C)c2)C1. The Labute approximate surface area is 131 Å². The summed E-state index contributed by atoms with van der Waals surface area (Å²) in [4.78, 5) is 24.3. The van der Waals surface area contributed by atoms with Crippen LogP contribution in [0.2, 0.25) is 0 Å². The minimum Gasteiger partial charge on any atom is -0.352 e. The molecule has 1 fully saturated rings. The molecule has 1 aromatic rings. The van der Waals surface area contributed by atoms with E-state index in [0.29, 0.717) is 5.56 Å². The van der Waals surface area contributed by atoms with Crippen molar-refractivity contribution in [3.63, 3.8) is 0 Å². The van der Waals surface area contributed by atoms with Gasteiger partial charge >= 0.3 is 6.18 Å². The van der Waals surface area contributed by atoms with Gasteiger partial charge in [-0.3, -0.25) is 14.3 Å². The molecule has 1 aliphatic heterocycles. The number of hydrogen-bond donors (Lipinski definition) is 1. The summed E-state index contributed by atoms with van der Waals surface area (Å²) >= 11 is 0. The Kier molecular flexibility index (Phi) is 4.96.